The first-order valence-corrected chi connectivity index (χ1v) is 16.3. The lowest BCUT2D eigenvalue weighted by Crippen LogP contribution is -2.12. The van der Waals surface area contributed by atoms with Gasteiger partial charge >= 0.3 is 0 Å². The lowest BCUT2D eigenvalue weighted by atomic mass is 10.0. The molecule has 218 valence electrons. The Morgan fingerprint density at radius 3 is 1.55 bits per heavy atom. The Morgan fingerprint density at radius 1 is 0.750 bits per heavy atom. The number of benzene rings is 2. The monoisotopic (exact) mass is 672 g/mol. The molecule has 0 aliphatic heterocycles. The van der Waals surface area contributed by atoms with Gasteiger partial charge in [-0.25, -0.2) is 16.8 Å². The minimum absolute atomic E-state index is 0.0456. The maximum atomic E-state index is 12.4. The van der Waals surface area contributed by atoms with Gasteiger partial charge < -0.3 is 4.74 Å². The normalized spacial score (nSPS) is 11.8. The lowest BCUT2D eigenvalue weighted by Gasteiger charge is -2.09. The number of carbonyl (C=O) groups is 4. The molecule has 0 heterocycles. The predicted octanol–water partition coefficient (Wildman–Crippen LogP) is 5.65. The smallest absolute Gasteiger partial charge is 0.201 e. The van der Waals surface area contributed by atoms with Gasteiger partial charge in [-0.05, 0) is 45.0 Å². The molecule has 0 amide bonds. The van der Waals surface area contributed by atoms with Crippen LogP contribution in [0.2, 0.25) is 20.1 Å². The van der Waals surface area contributed by atoms with Crippen molar-refractivity contribution in [3.63, 3.8) is 0 Å². The van der Waals surface area contributed by atoms with Gasteiger partial charge in [0.05, 0.1) is 54.7 Å². The fourth-order valence-corrected chi connectivity index (χ4v) is 6.25. The number of sulfone groups is 2. The zero-order valence-electron chi connectivity index (χ0n) is 21.8. The third kappa shape index (κ3) is 9.39. The Balaban J connectivity index is 0.000000408. The van der Waals surface area contributed by atoms with Gasteiger partial charge in [0.15, 0.2) is 31.2 Å². The molecule has 9 nitrogen and oxygen atoms in total. The SMILES string of the molecule is CC(=O)CC(=O)c1ccc(S(C)(=O)=O)c(Cl)c1Cl.CCOC=C(C(C)=O)C(=O)c1ccc(S(C)(=O)=O)c(Cl)c1Cl. The van der Waals surface area contributed by atoms with Crippen molar-refractivity contribution in [2.24, 2.45) is 0 Å². The molecule has 2 rings (SSSR count). The predicted molar refractivity (Wildman–Crippen MR) is 153 cm³/mol. The summed E-state index contributed by atoms with van der Waals surface area (Å²) < 4.78 is 50.9. The van der Waals surface area contributed by atoms with Crippen LogP contribution in [-0.4, -0.2) is 59.1 Å². The molecule has 0 atom stereocenters. The van der Waals surface area contributed by atoms with Crippen molar-refractivity contribution in [1.29, 1.82) is 0 Å². The first kappa shape index (κ1) is 35.7. The molecule has 0 aliphatic rings. The summed E-state index contributed by atoms with van der Waals surface area (Å²) in [4.78, 5) is 46.1. The van der Waals surface area contributed by atoms with E-state index >= 15 is 0 Å². The van der Waals surface area contributed by atoms with Crippen LogP contribution in [0.25, 0.3) is 0 Å². The van der Waals surface area contributed by atoms with Gasteiger partial charge in [-0.2, -0.15) is 0 Å². The lowest BCUT2D eigenvalue weighted by molar-refractivity contribution is -0.116. The maximum absolute atomic E-state index is 12.4. The quantitative estimate of drug-likeness (QED) is 0.103. The van der Waals surface area contributed by atoms with Crippen LogP contribution in [0.4, 0.5) is 0 Å². The highest BCUT2D eigenvalue weighted by atomic mass is 35.5. The van der Waals surface area contributed by atoms with Crippen molar-refractivity contribution in [2.45, 2.75) is 37.0 Å². The molecule has 2 aromatic carbocycles. The van der Waals surface area contributed by atoms with Crippen molar-refractivity contribution < 1.29 is 40.8 Å². The van der Waals surface area contributed by atoms with Gasteiger partial charge in [0, 0.05) is 23.6 Å². The molecule has 2 aromatic rings. The standard InChI is InChI=1S/C14H14Cl2O5S.C11H10Cl2O4S/c1-4-21-7-10(8(2)17)14(18)9-5-6-11(22(3,19)20)13(16)12(9)15;1-6(14)5-8(15)7-3-4-9(18(2,16)17)11(13)10(7)12/h5-7H,4H2,1-3H3;3-4H,5H2,1-2H3. The number of hydrogen-bond donors (Lipinski definition) is 0. The summed E-state index contributed by atoms with van der Waals surface area (Å²) in [5.74, 6) is -1.99. The molecule has 40 heavy (non-hydrogen) atoms. The maximum Gasteiger partial charge on any atom is 0.201 e. The van der Waals surface area contributed by atoms with Crippen LogP contribution in [0, 0.1) is 0 Å². The summed E-state index contributed by atoms with van der Waals surface area (Å²) in [5.41, 5.74) is -0.226. The molecule has 0 aliphatic carbocycles. The summed E-state index contributed by atoms with van der Waals surface area (Å²) in [6, 6.07) is 4.86. The van der Waals surface area contributed by atoms with Crippen LogP contribution in [0.5, 0.6) is 0 Å². The molecule has 0 N–H and O–H groups in total. The molecule has 0 radical (unpaired) electrons. The van der Waals surface area contributed by atoms with E-state index in [9.17, 15) is 36.0 Å². The van der Waals surface area contributed by atoms with E-state index in [0.717, 1.165) is 18.8 Å². The number of carbonyl (C=O) groups excluding carboxylic acids is 4. The van der Waals surface area contributed by atoms with Crippen LogP contribution in [0.1, 0.15) is 47.9 Å². The molecule has 0 bridgehead atoms. The Bertz CT molecular complexity index is 1610. The van der Waals surface area contributed by atoms with Crippen molar-refractivity contribution >= 4 is 89.2 Å². The van der Waals surface area contributed by atoms with Crippen LogP contribution < -0.4 is 0 Å². The van der Waals surface area contributed by atoms with E-state index in [1.807, 2.05) is 0 Å². The second-order valence-electron chi connectivity index (χ2n) is 8.20. The first-order chi connectivity index (χ1) is 18.2. The number of ether oxygens (including phenoxy) is 1. The largest absolute Gasteiger partial charge is 0.501 e. The Hall–Kier alpha value is -2.28. The average Bonchev–Trinajstić information content (AvgIpc) is 2.80. The second-order valence-corrected chi connectivity index (χ2v) is 13.7. The summed E-state index contributed by atoms with van der Waals surface area (Å²) >= 11 is 23.6. The second kappa shape index (κ2) is 14.6. The third-order valence-corrected chi connectivity index (χ3v) is 9.11. The van der Waals surface area contributed by atoms with E-state index in [1.54, 1.807) is 6.92 Å². The number of rotatable bonds is 10. The van der Waals surface area contributed by atoms with E-state index in [0.29, 0.717) is 0 Å². The Kier molecular flexibility index (Phi) is 13.0. The van der Waals surface area contributed by atoms with Crippen LogP contribution in [0.15, 0.2) is 45.9 Å². The van der Waals surface area contributed by atoms with Gasteiger partial charge in [0.1, 0.15) is 5.78 Å². The molecule has 0 spiro atoms. The van der Waals surface area contributed by atoms with Crippen molar-refractivity contribution in [3.05, 3.63) is 67.3 Å². The molecule has 0 saturated heterocycles. The fourth-order valence-electron chi connectivity index (χ4n) is 2.96. The van der Waals surface area contributed by atoms with Gasteiger partial charge in [-0.1, -0.05) is 46.4 Å². The van der Waals surface area contributed by atoms with Crippen LogP contribution in [0.3, 0.4) is 0 Å². The van der Waals surface area contributed by atoms with Crippen LogP contribution in [-0.2, 0) is 34.0 Å². The number of allylic oxidation sites excluding steroid dienone is 1. The van der Waals surface area contributed by atoms with Crippen molar-refractivity contribution in [2.75, 3.05) is 19.1 Å². The van der Waals surface area contributed by atoms with E-state index in [2.05, 4.69) is 0 Å². The topological polar surface area (TPSA) is 146 Å². The number of hydrogen-bond acceptors (Lipinski definition) is 9. The average molecular weight is 674 g/mol. The number of Topliss-reactive ketones (excluding diaryl/α,β-unsaturated/α-hetero) is 4. The van der Waals surface area contributed by atoms with E-state index in [1.165, 1.54) is 38.1 Å². The molecule has 0 unspecified atom stereocenters. The fraction of sp³-hybridized carbons (Fsp3) is 0.280. The minimum Gasteiger partial charge on any atom is -0.501 e. The molecule has 0 fully saturated rings. The number of ketones is 4. The molecular formula is C25H24Cl4O9S2. The van der Waals surface area contributed by atoms with Crippen molar-refractivity contribution in [1.82, 2.24) is 0 Å². The summed E-state index contributed by atoms with van der Waals surface area (Å²) in [5, 5.41) is -0.827. The highest BCUT2D eigenvalue weighted by molar-refractivity contribution is 7.91. The highest BCUT2D eigenvalue weighted by Crippen LogP contribution is 2.34. The van der Waals surface area contributed by atoms with Gasteiger partial charge in [0.25, 0.3) is 0 Å². The summed E-state index contributed by atoms with van der Waals surface area (Å²) in [6.07, 6.45) is 2.72. The summed E-state index contributed by atoms with van der Waals surface area (Å²) in [7, 11) is -7.10. The zero-order chi connectivity index (χ0) is 31.2. The third-order valence-electron chi connectivity index (χ3n) is 4.84. The van der Waals surface area contributed by atoms with Gasteiger partial charge in [-0.15, -0.1) is 0 Å². The van der Waals surface area contributed by atoms with E-state index in [-0.39, 0.29) is 65.4 Å². The van der Waals surface area contributed by atoms with E-state index < -0.39 is 37.0 Å². The Labute approximate surface area is 252 Å². The zero-order valence-corrected chi connectivity index (χ0v) is 26.5. The van der Waals surface area contributed by atoms with Crippen LogP contribution >= 0.6 is 46.4 Å². The first-order valence-electron chi connectivity index (χ1n) is 11.0. The molecular weight excluding hydrogens is 650 g/mol. The summed E-state index contributed by atoms with van der Waals surface area (Å²) in [6.45, 7) is 4.47. The van der Waals surface area contributed by atoms with E-state index in [4.69, 9.17) is 51.1 Å². The number of halogens is 4. The molecule has 0 saturated carbocycles. The minimum atomic E-state index is -3.58. The highest BCUT2D eigenvalue weighted by Gasteiger charge is 2.25. The Morgan fingerprint density at radius 2 is 1.18 bits per heavy atom. The van der Waals surface area contributed by atoms with Gasteiger partial charge in [-0.3, -0.25) is 19.2 Å². The van der Waals surface area contributed by atoms with Gasteiger partial charge in [0.2, 0.25) is 5.78 Å². The molecule has 15 heteroatoms. The molecule has 0 aromatic heterocycles. The van der Waals surface area contributed by atoms with Crippen molar-refractivity contribution in [3.8, 4) is 0 Å².